The first-order chi connectivity index (χ1) is 9.79. The molecule has 0 aliphatic heterocycles. The van der Waals surface area contributed by atoms with Crippen LogP contribution in [-0.4, -0.2) is 23.7 Å². The summed E-state index contributed by atoms with van der Waals surface area (Å²) in [5, 5.41) is 14.2. The quantitative estimate of drug-likeness (QED) is 0.727. The van der Waals surface area contributed by atoms with Gasteiger partial charge in [-0.25, -0.2) is 4.79 Å². The molecule has 1 unspecified atom stereocenters. The van der Waals surface area contributed by atoms with E-state index in [2.05, 4.69) is 26.6 Å². The molecule has 5 nitrogen and oxygen atoms in total. The molecule has 1 aromatic rings. The van der Waals surface area contributed by atoms with Crippen LogP contribution in [0.4, 0.5) is 10.5 Å². The van der Waals surface area contributed by atoms with Crippen molar-refractivity contribution in [3.8, 4) is 0 Å². The van der Waals surface area contributed by atoms with Crippen molar-refractivity contribution in [2.24, 2.45) is 5.92 Å². The van der Waals surface area contributed by atoms with Crippen molar-refractivity contribution in [3.05, 3.63) is 27.7 Å². The van der Waals surface area contributed by atoms with Crippen LogP contribution < -0.4 is 10.6 Å². The first kappa shape index (κ1) is 17.5. The van der Waals surface area contributed by atoms with Crippen LogP contribution in [0.5, 0.6) is 0 Å². The number of rotatable bonds is 6. The van der Waals surface area contributed by atoms with Crippen molar-refractivity contribution in [1.82, 2.24) is 5.32 Å². The Hall–Kier alpha value is -1.56. The topological polar surface area (TPSA) is 78.4 Å². The largest absolute Gasteiger partial charge is 0.481 e. The van der Waals surface area contributed by atoms with Crippen LogP contribution in [0.1, 0.15) is 30.9 Å². The van der Waals surface area contributed by atoms with Gasteiger partial charge in [0.15, 0.2) is 0 Å². The van der Waals surface area contributed by atoms with Crippen LogP contribution in [0, 0.1) is 19.8 Å². The molecule has 0 aliphatic rings. The summed E-state index contributed by atoms with van der Waals surface area (Å²) in [4.78, 5) is 22.4. The monoisotopic (exact) mass is 356 g/mol. The minimum atomic E-state index is -0.813. The van der Waals surface area contributed by atoms with E-state index in [9.17, 15) is 9.59 Å². The number of amides is 2. The van der Waals surface area contributed by atoms with Gasteiger partial charge in [-0.05, 0) is 49.4 Å². The summed E-state index contributed by atoms with van der Waals surface area (Å²) >= 11 is 3.42. The molecule has 0 spiro atoms. The highest BCUT2D eigenvalue weighted by atomic mass is 79.9. The van der Waals surface area contributed by atoms with E-state index in [-0.39, 0.29) is 18.4 Å². The molecule has 1 atom stereocenters. The number of carboxylic acid groups (broad SMARTS) is 1. The number of nitrogens with one attached hydrogen (secondary N) is 2. The highest BCUT2D eigenvalue weighted by molar-refractivity contribution is 9.10. The Morgan fingerprint density at radius 1 is 1.29 bits per heavy atom. The third-order valence-corrected chi connectivity index (χ3v) is 3.66. The van der Waals surface area contributed by atoms with Crippen molar-refractivity contribution < 1.29 is 14.7 Å². The lowest BCUT2D eigenvalue weighted by molar-refractivity contribution is -0.137. The van der Waals surface area contributed by atoms with Gasteiger partial charge in [-0.1, -0.05) is 22.9 Å². The first-order valence-electron chi connectivity index (χ1n) is 6.83. The van der Waals surface area contributed by atoms with E-state index in [1.807, 2.05) is 32.9 Å². The van der Waals surface area contributed by atoms with Crippen LogP contribution in [-0.2, 0) is 4.79 Å². The maximum Gasteiger partial charge on any atom is 0.319 e. The predicted molar refractivity (Wildman–Crippen MR) is 86.7 cm³/mol. The van der Waals surface area contributed by atoms with Gasteiger partial charge < -0.3 is 15.7 Å². The molecule has 0 bridgehead atoms. The number of hydrogen-bond acceptors (Lipinski definition) is 2. The number of carbonyl (C=O) groups excluding carboxylic acids is 1. The maximum atomic E-state index is 11.9. The van der Waals surface area contributed by atoms with Crippen molar-refractivity contribution in [3.63, 3.8) is 0 Å². The van der Waals surface area contributed by atoms with Crippen LogP contribution >= 0.6 is 15.9 Å². The van der Waals surface area contributed by atoms with Gasteiger partial charge in [-0.2, -0.15) is 0 Å². The zero-order chi connectivity index (χ0) is 16.0. The van der Waals surface area contributed by atoms with Gasteiger partial charge in [-0.15, -0.1) is 0 Å². The molecule has 0 heterocycles. The van der Waals surface area contributed by atoms with Crippen molar-refractivity contribution in [2.45, 2.75) is 33.6 Å². The van der Waals surface area contributed by atoms with Gasteiger partial charge in [0.2, 0.25) is 0 Å². The number of carbonyl (C=O) groups is 2. The fraction of sp³-hybridized carbons (Fsp3) is 0.467. The molecule has 3 N–H and O–H groups in total. The average Bonchev–Trinajstić information content (AvgIpc) is 2.38. The van der Waals surface area contributed by atoms with Crippen LogP contribution in [0.15, 0.2) is 16.6 Å². The molecule has 0 saturated carbocycles. The molecule has 0 aliphatic carbocycles. The van der Waals surface area contributed by atoms with E-state index < -0.39 is 5.97 Å². The number of urea groups is 1. The second kappa shape index (κ2) is 8.02. The predicted octanol–water partition coefficient (Wildman–Crippen LogP) is 3.69. The molecule has 0 radical (unpaired) electrons. The summed E-state index contributed by atoms with van der Waals surface area (Å²) in [5.41, 5.74) is 2.76. The Morgan fingerprint density at radius 2 is 1.86 bits per heavy atom. The highest BCUT2D eigenvalue weighted by Crippen LogP contribution is 2.24. The van der Waals surface area contributed by atoms with E-state index in [1.165, 1.54) is 0 Å². The van der Waals surface area contributed by atoms with Gasteiger partial charge in [0.1, 0.15) is 0 Å². The molecule has 6 heteroatoms. The van der Waals surface area contributed by atoms with Crippen molar-refractivity contribution in [1.29, 1.82) is 0 Å². The zero-order valence-corrected chi connectivity index (χ0v) is 14.1. The lowest BCUT2D eigenvalue weighted by atomic mass is 10.1. The van der Waals surface area contributed by atoms with Gasteiger partial charge in [0.05, 0.1) is 0 Å². The third-order valence-electron chi connectivity index (χ3n) is 3.20. The summed E-state index contributed by atoms with van der Waals surface area (Å²) in [6.45, 7) is 6.23. The fourth-order valence-corrected chi connectivity index (χ4v) is 2.69. The maximum absolute atomic E-state index is 11.9. The smallest absolute Gasteiger partial charge is 0.319 e. The SMILES string of the molecule is Cc1cc(Br)cc(C)c1NC(=O)NCC(C)CCC(=O)O. The number of aryl methyl sites for hydroxylation is 2. The van der Waals surface area contributed by atoms with Gasteiger partial charge in [0.25, 0.3) is 0 Å². The number of aliphatic carboxylic acids is 1. The fourth-order valence-electron chi connectivity index (χ4n) is 2.00. The zero-order valence-electron chi connectivity index (χ0n) is 12.5. The molecule has 1 rings (SSSR count). The minimum Gasteiger partial charge on any atom is -0.481 e. The molecule has 116 valence electrons. The Bertz CT molecular complexity index is 509. The minimum absolute atomic E-state index is 0.120. The molecule has 2 amide bonds. The summed E-state index contributed by atoms with van der Waals surface area (Å²) in [6, 6.07) is 3.61. The normalized spacial score (nSPS) is 11.8. The van der Waals surface area contributed by atoms with E-state index in [4.69, 9.17) is 5.11 Å². The Kier molecular flexibility index (Phi) is 6.68. The molecule has 0 saturated heterocycles. The number of anilines is 1. The Morgan fingerprint density at radius 3 is 2.38 bits per heavy atom. The number of hydrogen-bond donors (Lipinski definition) is 3. The first-order valence-corrected chi connectivity index (χ1v) is 7.62. The van der Waals surface area contributed by atoms with E-state index in [0.717, 1.165) is 21.3 Å². The second-order valence-electron chi connectivity index (χ2n) is 5.29. The third kappa shape index (κ3) is 6.16. The molecule has 0 aromatic heterocycles. The summed E-state index contributed by atoms with van der Waals surface area (Å²) < 4.78 is 0.978. The van der Waals surface area contributed by atoms with Crippen LogP contribution in [0.2, 0.25) is 0 Å². The number of carboxylic acids is 1. The van der Waals surface area contributed by atoms with Crippen LogP contribution in [0.3, 0.4) is 0 Å². The van der Waals surface area contributed by atoms with Gasteiger partial charge >= 0.3 is 12.0 Å². The van der Waals surface area contributed by atoms with Crippen molar-refractivity contribution >= 4 is 33.6 Å². The average molecular weight is 357 g/mol. The van der Waals surface area contributed by atoms with E-state index in [0.29, 0.717) is 13.0 Å². The lowest BCUT2D eigenvalue weighted by Crippen LogP contribution is -2.33. The Labute approximate surface area is 133 Å². The van der Waals surface area contributed by atoms with Gasteiger partial charge in [-0.3, -0.25) is 4.79 Å². The summed E-state index contributed by atoms with van der Waals surface area (Å²) in [7, 11) is 0. The second-order valence-corrected chi connectivity index (χ2v) is 6.20. The van der Waals surface area contributed by atoms with E-state index in [1.54, 1.807) is 0 Å². The standard InChI is InChI=1S/C15H21BrN2O3/c1-9(4-5-13(19)20)8-17-15(21)18-14-10(2)6-12(16)7-11(14)3/h6-7,9H,4-5,8H2,1-3H3,(H,19,20)(H2,17,18,21). The van der Waals surface area contributed by atoms with Gasteiger partial charge in [0, 0.05) is 23.1 Å². The molecule has 1 aromatic carbocycles. The molecular weight excluding hydrogens is 336 g/mol. The molecule has 0 fully saturated rings. The van der Waals surface area contributed by atoms with Crippen molar-refractivity contribution in [2.75, 3.05) is 11.9 Å². The van der Waals surface area contributed by atoms with Crippen LogP contribution in [0.25, 0.3) is 0 Å². The summed E-state index contributed by atoms with van der Waals surface area (Å²) in [5.74, 6) is -0.689. The molecular formula is C15H21BrN2O3. The highest BCUT2D eigenvalue weighted by Gasteiger charge is 2.10. The molecule has 21 heavy (non-hydrogen) atoms. The van der Waals surface area contributed by atoms with E-state index >= 15 is 0 Å². The number of halogens is 1. The number of benzene rings is 1. The lowest BCUT2D eigenvalue weighted by Gasteiger charge is -2.15. The Balaban J connectivity index is 2.49. The summed E-state index contributed by atoms with van der Waals surface area (Å²) in [6.07, 6.45) is 0.668.